The number of nitrogens with one attached hydrogen (secondary N) is 1. The van der Waals surface area contributed by atoms with Gasteiger partial charge in [0.2, 0.25) is 9.93 Å². The van der Waals surface area contributed by atoms with Crippen molar-refractivity contribution in [3.63, 3.8) is 0 Å². The van der Waals surface area contributed by atoms with Crippen molar-refractivity contribution in [1.29, 1.82) is 0 Å². The third-order valence-corrected chi connectivity index (χ3v) is 4.67. The lowest BCUT2D eigenvalue weighted by atomic mass is 10.2. The van der Waals surface area contributed by atoms with E-state index >= 15 is 0 Å². The first-order chi connectivity index (χ1) is 13.1. The molecule has 0 saturated heterocycles. The molecule has 0 aliphatic heterocycles. The molecule has 7 nitrogen and oxygen atoms in total. The van der Waals surface area contributed by atoms with E-state index in [-0.39, 0.29) is 0 Å². The second-order valence-electron chi connectivity index (χ2n) is 5.34. The van der Waals surface area contributed by atoms with Crippen molar-refractivity contribution < 1.29 is 14.6 Å². The summed E-state index contributed by atoms with van der Waals surface area (Å²) in [6.45, 7) is -0.534. The molecule has 1 N–H and O–H groups in total. The Morgan fingerprint density at radius 3 is 2.78 bits per heavy atom. The zero-order chi connectivity index (χ0) is 19.1. The Kier molecular flexibility index (Phi) is 6.39. The van der Waals surface area contributed by atoms with E-state index in [1.54, 1.807) is 30.5 Å². The zero-order valence-corrected chi connectivity index (χ0v) is 15.7. The molecule has 0 aliphatic rings. The van der Waals surface area contributed by atoms with Gasteiger partial charge < -0.3 is 14.6 Å². The standard InChI is InChI=1S/C18H16N4O3S2/c23-16(24)11-25-15-9-5-4-8-14(15)10-19-22-17(26)20-21-18(22)27-12-13-6-2-1-3-7-13/h1-10H,11-12H2,(H,20,26)(H,23,24)/p-1/b19-10-. The molecule has 0 spiro atoms. The van der Waals surface area contributed by atoms with Gasteiger partial charge >= 0.3 is 0 Å². The van der Waals surface area contributed by atoms with E-state index in [1.165, 1.54) is 16.4 Å². The molecule has 0 bridgehead atoms. The first-order valence-electron chi connectivity index (χ1n) is 7.93. The fourth-order valence-electron chi connectivity index (χ4n) is 2.17. The summed E-state index contributed by atoms with van der Waals surface area (Å²) in [5.41, 5.74) is 1.77. The molecule has 0 amide bonds. The third kappa shape index (κ3) is 5.28. The minimum Gasteiger partial charge on any atom is -0.546 e. The van der Waals surface area contributed by atoms with Gasteiger partial charge in [-0.1, -0.05) is 54.2 Å². The van der Waals surface area contributed by atoms with E-state index in [9.17, 15) is 9.90 Å². The molecular weight excluding hydrogens is 384 g/mol. The molecule has 138 valence electrons. The van der Waals surface area contributed by atoms with Crippen LogP contribution in [0.25, 0.3) is 0 Å². The van der Waals surface area contributed by atoms with Gasteiger partial charge in [0, 0.05) is 11.3 Å². The summed E-state index contributed by atoms with van der Waals surface area (Å²) in [5.74, 6) is -0.182. The molecule has 0 atom stereocenters. The molecule has 0 aliphatic carbocycles. The largest absolute Gasteiger partial charge is 0.546 e. The molecule has 0 fully saturated rings. The number of carboxylic acids is 1. The summed E-state index contributed by atoms with van der Waals surface area (Å²) in [6.07, 6.45) is 1.54. The van der Waals surface area contributed by atoms with Crippen molar-refractivity contribution in [2.75, 3.05) is 6.61 Å². The maximum atomic E-state index is 10.6. The van der Waals surface area contributed by atoms with Gasteiger partial charge in [-0.2, -0.15) is 9.78 Å². The average molecular weight is 399 g/mol. The van der Waals surface area contributed by atoms with Crippen LogP contribution in [0, 0.1) is 4.77 Å². The van der Waals surface area contributed by atoms with Gasteiger partial charge in [-0.25, -0.2) is 5.10 Å². The lowest BCUT2D eigenvalue weighted by Crippen LogP contribution is -2.29. The lowest BCUT2D eigenvalue weighted by Gasteiger charge is -2.09. The van der Waals surface area contributed by atoms with Crippen molar-refractivity contribution >= 4 is 36.2 Å². The van der Waals surface area contributed by atoms with Gasteiger partial charge in [0.15, 0.2) is 0 Å². The van der Waals surface area contributed by atoms with Crippen LogP contribution in [0.15, 0.2) is 64.9 Å². The Hall–Kier alpha value is -2.91. The Balaban J connectivity index is 1.77. The fraction of sp³-hybridized carbons (Fsp3) is 0.111. The predicted octanol–water partition coefficient (Wildman–Crippen LogP) is 2.24. The van der Waals surface area contributed by atoms with Crippen molar-refractivity contribution in [2.24, 2.45) is 5.10 Å². The van der Waals surface area contributed by atoms with Crippen LogP contribution in [0.1, 0.15) is 11.1 Å². The summed E-state index contributed by atoms with van der Waals surface area (Å²) in [4.78, 5) is 10.6. The van der Waals surface area contributed by atoms with E-state index in [1.807, 2.05) is 30.3 Å². The number of rotatable bonds is 8. The van der Waals surface area contributed by atoms with Crippen LogP contribution in [-0.2, 0) is 10.5 Å². The number of nitrogens with zero attached hydrogens (tertiary/aromatic N) is 3. The highest BCUT2D eigenvalue weighted by atomic mass is 32.2. The molecule has 0 radical (unpaired) electrons. The fourth-order valence-corrected chi connectivity index (χ4v) is 3.27. The minimum absolute atomic E-state index is 0.356. The minimum atomic E-state index is -1.29. The van der Waals surface area contributed by atoms with Crippen LogP contribution >= 0.6 is 24.0 Å². The first-order valence-corrected chi connectivity index (χ1v) is 9.33. The third-order valence-electron chi connectivity index (χ3n) is 3.41. The Morgan fingerprint density at radius 1 is 1.26 bits per heavy atom. The monoisotopic (exact) mass is 399 g/mol. The molecule has 2 aromatic carbocycles. The van der Waals surface area contributed by atoms with Gasteiger partial charge in [0.1, 0.15) is 12.4 Å². The van der Waals surface area contributed by atoms with Gasteiger partial charge in [0.25, 0.3) is 0 Å². The number of carboxylic acid groups (broad SMARTS) is 1. The highest BCUT2D eigenvalue weighted by Gasteiger charge is 2.07. The summed E-state index contributed by atoms with van der Waals surface area (Å²) in [7, 11) is 0. The lowest BCUT2D eigenvalue weighted by molar-refractivity contribution is -0.307. The number of thioether (sulfide) groups is 1. The maximum absolute atomic E-state index is 10.6. The van der Waals surface area contributed by atoms with E-state index in [0.717, 1.165) is 11.3 Å². The second kappa shape index (κ2) is 9.15. The summed E-state index contributed by atoms with van der Waals surface area (Å²) < 4.78 is 7.09. The molecule has 1 aromatic heterocycles. The summed E-state index contributed by atoms with van der Waals surface area (Å²) in [6, 6.07) is 17.0. The Labute approximate surface area is 164 Å². The molecule has 3 aromatic rings. The van der Waals surface area contributed by atoms with Crippen LogP contribution in [0.5, 0.6) is 5.75 Å². The predicted molar refractivity (Wildman–Crippen MR) is 103 cm³/mol. The number of aromatic nitrogens is 3. The van der Waals surface area contributed by atoms with Gasteiger partial charge in [0.05, 0.1) is 12.2 Å². The highest BCUT2D eigenvalue weighted by Crippen LogP contribution is 2.21. The number of hydrogen-bond acceptors (Lipinski definition) is 7. The van der Waals surface area contributed by atoms with Crippen LogP contribution in [0.3, 0.4) is 0 Å². The zero-order valence-electron chi connectivity index (χ0n) is 14.1. The quantitative estimate of drug-likeness (QED) is 0.355. The number of para-hydroxylation sites is 1. The number of benzene rings is 2. The molecule has 3 rings (SSSR count). The van der Waals surface area contributed by atoms with Crippen LogP contribution in [0.4, 0.5) is 0 Å². The SMILES string of the molecule is O=C([O-])COc1ccccc1/C=N\n1c(SCc2ccccc2)n[nH]c1=S. The topological polar surface area (TPSA) is 95.3 Å². The molecule has 27 heavy (non-hydrogen) atoms. The van der Waals surface area contributed by atoms with E-state index in [0.29, 0.717) is 21.2 Å². The van der Waals surface area contributed by atoms with Gasteiger partial charge in [-0.15, -0.1) is 5.10 Å². The molecule has 9 heteroatoms. The number of aromatic amines is 1. The van der Waals surface area contributed by atoms with Crippen LogP contribution in [-0.4, -0.2) is 33.7 Å². The number of H-pyrrole nitrogens is 1. The number of carbonyl (C=O) groups excluding carboxylic acids is 1. The molecular formula is C18H15N4O3S2-. The summed E-state index contributed by atoms with van der Waals surface area (Å²) >= 11 is 6.74. The average Bonchev–Trinajstić information content (AvgIpc) is 3.04. The van der Waals surface area contributed by atoms with Gasteiger partial charge in [-0.3, -0.25) is 0 Å². The van der Waals surface area contributed by atoms with E-state index < -0.39 is 12.6 Å². The van der Waals surface area contributed by atoms with Crippen molar-refractivity contribution in [1.82, 2.24) is 14.9 Å². The molecule has 0 saturated carbocycles. The van der Waals surface area contributed by atoms with E-state index in [2.05, 4.69) is 15.3 Å². The molecule has 0 unspecified atom stereocenters. The normalized spacial score (nSPS) is 11.0. The van der Waals surface area contributed by atoms with Crippen LogP contribution in [0.2, 0.25) is 0 Å². The Bertz CT molecular complexity index is 999. The summed E-state index contributed by atoms with van der Waals surface area (Å²) in [5, 5.41) is 22.5. The van der Waals surface area contributed by atoms with Crippen molar-refractivity contribution in [3.05, 3.63) is 70.5 Å². The van der Waals surface area contributed by atoms with Crippen molar-refractivity contribution in [2.45, 2.75) is 10.9 Å². The van der Waals surface area contributed by atoms with Gasteiger partial charge in [-0.05, 0) is 29.9 Å². The van der Waals surface area contributed by atoms with Crippen LogP contribution < -0.4 is 9.84 Å². The highest BCUT2D eigenvalue weighted by molar-refractivity contribution is 7.98. The second-order valence-corrected chi connectivity index (χ2v) is 6.67. The number of aliphatic carboxylic acids is 1. The van der Waals surface area contributed by atoms with Crippen molar-refractivity contribution in [3.8, 4) is 5.75 Å². The smallest absolute Gasteiger partial charge is 0.217 e. The van der Waals surface area contributed by atoms with E-state index in [4.69, 9.17) is 17.0 Å². The molecule has 1 heterocycles. The number of hydrogen-bond donors (Lipinski definition) is 1. The maximum Gasteiger partial charge on any atom is 0.217 e. The number of carbonyl (C=O) groups is 1. The first kappa shape index (κ1) is 18.9. The number of ether oxygens (including phenoxy) is 1. The Morgan fingerprint density at radius 2 is 2.00 bits per heavy atom.